The Labute approximate surface area is 166 Å². The number of sulfonamides is 1. The monoisotopic (exact) mass is 398 g/mol. The number of carbonyl (C=O) groups excluding carboxylic acids is 1. The van der Waals surface area contributed by atoms with Crippen molar-refractivity contribution in [3.8, 4) is 0 Å². The maximum Gasteiger partial charge on any atom is 0.240 e. The van der Waals surface area contributed by atoms with Gasteiger partial charge in [-0.25, -0.2) is 13.1 Å². The van der Waals surface area contributed by atoms with Crippen molar-refractivity contribution in [1.29, 1.82) is 0 Å². The van der Waals surface area contributed by atoms with E-state index in [1.807, 2.05) is 36.1 Å². The zero-order valence-electron chi connectivity index (χ0n) is 16.5. The van der Waals surface area contributed by atoms with E-state index >= 15 is 0 Å². The Hall–Kier alpha value is -2.18. The van der Waals surface area contributed by atoms with Gasteiger partial charge in [0.05, 0.1) is 4.90 Å². The molecule has 1 aliphatic heterocycles. The highest BCUT2D eigenvalue weighted by Gasteiger charge is 2.43. The van der Waals surface area contributed by atoms with Crippen LogP contribution in [0.1, 0.15) is 43.4 Å². The number of amides is 1. The number of benzene rings is 2. The summed E-state index contributed by atoms with van der Waals surface area (Å²) in [4.78, 5) is 14.7. The molecule has 0 unspecified atom stereocenters. The average molecular weight is 399 g/mol. The van der Waals surface area contributed by atoms with Crippen molar-refractivity contribution in [2.24, 2.45) is 5.92 Å². The van der Waals surface area contributed by atoms with E-state index in [1.54, 1.807) is 18.2 Å². The molecule has 0 spiro atoms. The Morgan fingerprint density at radius 1 is 1.18 bits per heavy atom. The van der Waals surface area contributed by atoms with Crippen LogP contribution in [0.3, 0.4) is 0 Å². The molecule has 1 heterocycles. The van der Waals surface area contributed by atoms with Gasteiger partial charge >= 0.3 is 0 Å². The van der Waals surface area contributed by atoms with Gasteiger partial charge in [0.25, 0.3) is 0 Å². The third-order valence-corrected chi connectivity index (χ3v) is 6.99. The molecule has 28 heavy (non-hydrogen) atoms. The van der Waals surface area contributed by atoms with Crippen LogP contribution in [0.15, 0.2) is 47.4 Å². The maximum atomic E-state index is 12.8. The standard InChI is InChI=1S/C22H26N2O3S/c1-15-5-4-6-16(11-15)13-23-28(26,27)18-9-10-20-19(12-18)22(2,3)14-24(20)21(25)17-7-8-17/h4-6,9-12,17,23H,7-8,13-14H2,1-3H3. The third-order valence-electron chi connectivity index (χ3n) is 5.59. The first-order chi connectivity index (χ1) is 13.2. The van der Waals surface area contributed by atoms with Crippen molar-refractivity contribution in [2.45, 2.75) is 50.5 Å². The van der Waals surface area contributed by atoms with Crippen LogP contribution in [0, 0.1) is 12.8 Å². The lowest BCUT2D eigenvalue weighted by Crippen LogP contribution is -2.34. The minimum atomic E-state index is -3.64. The Morgan fingerprint density at radius 3 is 2.61 bits per heavy atom. The lowest BCUT2D eigenvalue weighted by atomic mass is 9.87. The van der Waals surface area contributed by atoms with Gasteiger partial charge in [0.15, 0.2) is 0 Å². The molecule has 0 aromatic heterocycles. The molecule has 0 saturated heterocycles. The smallest absolute Gasteiger partial charge is 0.240 e. The average Bonchev–Trinajstić information content (AvgIpc) is 3.45. The number of hydrogen-bond acceptors (Lipinski definition) is 3. The van der Waals surface area contributed by atoms with Gasteiger partial charge in [-0.15, -0.1) is 0 Å². The van der Waals surface area contributed by atoms with E-state index in [2.05, 4.69) is 18.6 Å². The fourth-order valence-corrected chi connectivity index (χ4v) is 4.90. The summed E-state index contributed by atoms with van der Waals surface area (Å²) in [6, 6.07) is 12.9. The minimum absolute atomic E-state index is 0.140. The first-order valence-corrected chi connectivity index (χ1v) is 11.2. The SMILES string of the molecule is Cc1cccc(CNS(=O)(=O)c2ccc3c(c2)C(C)(C)CN3C(=O)C2CC2)c1. The molecule has 1 amide bonds. The van der Waals surface area contributed by atoms with E-state index in [1.165, 1.54) is 0 Å². The Balaban J connectivity index is 1.60. The zero-order chi connectivity index (χ0) is 20.1. The molecule has 5 nitrogen and oxygen atoms in total. The normalized spacial score (nSPS) is 18.2. The zero-order valence-corrected chi connectivity index (χ0v) is 17.3. The third kappa shape index (κ3) is 3.59. The molecular weight excluding hydrogens is 372 g/mol. The molecule has 1 N–H and O–H groups in total. The van der Waals surface area contributed by atoms with E-state index in [0.717, 1.165) is 35.2 Å². The number of carbonyl (C=O) groups is 1. The molecule has 148 valence electrons. The fourth-order valence-electron chi connectivity index (χ4n) is 3.86. The summed E-state index contributed by atoms with van der Waals surface area (Å²) in [5, 5.41) is 0. The summed E-state index contributed by atoms with van der Waals surface area (Å²) in [7, 11) is -3.64. The summed E-state index contributed by atoms with van der Waals surface area (Å²) in [5.41, 5.74) is 3.50. The van der Waals surface area contributed by atoms with Gasteiger partial charge in [0, 0.05) is 30.1 Å². The van der Waals surface area contributed by atoms with Crippen molar-refractivity contribution in [3.63, 3.8) is 0 Å². The van der Waals surface area contributed by atoms with Gasteiger partial charge in [-0.05, 0) is 49.1 Å². The quantitative estimate of drug-likeness (QED) is 0.838. The first-order valence-electron chi connectivity index (χ1n) is 9.68. The van der Waals surface area contributed by atoms with Crippen molar-refractivity contribution in [3.05, 3.63) is 59.2 Å². The molecule has 2 aromatic carbocycles. The molecule has 1 aliphatic carbocycles. The van der Waals surface area contributed by atoms with Crippen molar-refractivity contribution < 1.29 is 13.2 Å². The van der Waals surface area contributed by atoms with Gasteiger partial charge < -0.3 is 4.90 Å². The summed E-state index contributed by atoms with van der Waals surface area (Å²) in [5.74, 6) is 0.307. The van der Waals surface area contributed by atoms with E-state index in [9.17, 15) is 13.2 Å². The first kappa shape index (κ1) is 19.2. The second-order valence-corrected chi connectivity index (χ2v) is 10.3. The van der Waals surface area contributed by atoms with Crippen LogP contribution in [-0.4, -0.2) is 20.9 Å². The van der Waals surface area contributed by atoms with Crippen LogP contribution in [0.2, 0.25) is 0 Å². The van der Waals surface area contributed by atoms with Crippen molar-refractivity contribution >= 4 is 21.6 Å². The molecule has 0 atom stereocenters. The largest absolute Gasteiger partial charge is 0.311 e. The number of anilines is 1. The van der Waals surface area contributed by atoms with Gasteiger partial charge in [-0.2, -0.15) is 0 Å². The molecule has 2 aliphatic rings. The lowest BCUT2D eigenvalue weighted by Gasteiger charge is -2.20. The summed E-state index contributed by atoms with van der Waals surface area (Å²) < 4.78 is 28.4. The van der Waals surface area contributed by atoms with Crippen LogP contribution < -0.4 is 9.62 Å². The van der Waals surface area contributed by atoms with Crippen molar-refractivity contribution in [1.82, 2.24) is 4.72 Å². The van der Waals surface area contributed by atoms with E-state index in [4.69, 9.17) is 0 Å². The number of nitrogens with zero attached hydrogens (tertiary/aromatic N) is 1. The van der Waals surface area contributed by atoms with Crippen LogP contribution in [0.5, 0.6) is 0 Å². The second kappa shape index (κ2) is 6.71. The van der Waals surface area contributed by atoms with Gasteiger partial charge in [-0.3, -0.25) is 4.79 Å². The number of nitrogens with one attached hydrogen (secondary N) is 1. The predicted molar refractivity (Wildman–Crippen MR) is 110 cm³/mol. The number of aryl methyl sites for hydroxylation is 1. The van der Waals surface area contributed by atoms with Gasteiger partial charge in [0.2, 0.25) is 15.9 Å². The molecule has 1 fully saturated rings. The number of fused-ring (bicyclic) bond motifs is 1. The highest BCUT2D eigenvalue weighted by molar-refractivity contribution is 7.89. The highest BCUT2D eigenvalue weighted by atomic mass is 32.2. The lowest BCUT2D eigenvalue weighted by molar-refractivity contribution is -0.119. The molecule has 0 radical (unpaired) electrons. The van der Waals surface area contributed by atoms with Gasteiger partial charge in [-0.1, -0.05) is 43.7 Å². The molecule has 4 rings (SSSR count). The predicted octanol–water partition coefficient (Wildman–Crippen LogP) is 3.51. The van der Waals surface area contributed by atoms with Crippen LogP contribution in [-0.2, 0) is 26.8 Å². The van der Waals surface area contributed by atoms with Crippen molar-refractivity contribution in [2.75, 3.05) is 11.4 Å². The summed E-state index contributed by atoms with van der Waals surface area (Å²) >= 11 is 0. The molecule has 2 aromatic rings. The summed E-state index contributed by atoms with van der Waals surface area (Å²) in [6.07, 6.45) is 1.92. The maximum absolute atomic E-state index is 12.8. The fraction of sp³-hybridized carbons (Fsp3) is 0.409. The van der Waals surface area contributed by atoms with E-state index in [-0.39, 0.29) is 28.7 Å². The number of hydrogen-bond donors (Lipinski definition) is 1. The Morgan fingerprint density at radius 2 is 1.93 bits per heavy atom. The van der Waals surface area contributed by atoms with E-state index < -0.39 is 10.0 Å². The van der Waals surface area contributed by atoms with Crippen LogP contribution >= 0.6 is 0 Å². The Kier molecular flexibility index (Phi) is 4.59. The molecular formula is C22H26N2O3S. The second-order valence-electron chi connectivity index (χ2n) is 8.58. The molecule has 6 heteroatoms. The van der Waals surface area contributed by atoms with E-state index in [0.29, 0.717) is 6.54 Å². The molecule has 0 bridgehead atoms. The van der Waals surface area contributed by atoms with Crippen LogP contribution in [0.4, 0.5) is 5.69 Å². The van der Waals surface area contributed by atoms with Gasteiger partial charge in [0.1, 0.15) is 0 Å². The summed E-state index contributed by atoms with van der Waals surface area (Å²) in [6.45, 7) is 6.94. The van der Waals surface area contributed by atoms with Crippen LogP contribution in [0.25, 0.3) is 0 Å². The topological polar surface area (TPSA) is 66.5 Å². The minimum Gasteiger partial charge on any atom is -0.311 e. The molecule has 1 saturated carbocycles. The Bertz CT molecular complexity index is 1040. The highest BCUT2D eigenvalue weighted by Crippen LogP contribution is 2.44. The number of rotatable bonds is 5.